The normalized spacial score (nSPS) is 20.5. The molecule has 1 rings (SSSR count). The van der Waals surface area contributed by atoms with Crippen LogP contribution in [0.1, 0.15) is 25.7 Å². The number of carbonyl (C=O) groups excluding carboxylic acids is 1. The molecule has 0 saturated heterocycles. The summed E-state index contributed by atoms with van der Waals surface area (Å²) in [5.41, 5.74) is 0.267. The Morgan fingerprint density at radius 1 is 1.47 bits per heavy atom. The van der Waals surface area contributed by atoms with Crippen molar-refractivity contribution in [2.75, 3.05) is 34.3 Å². The van der Waals surface area contributed by atoms with Gasteiger partial charge in [-0.25, -0.2) is 0 Å². The van der Waals surface area contributed by atoms with Gasteiger partial charge in [0, 0.05) is 18.6 Å². The molecule has 4 nitrogen and oxygen atoms in total. The molecule has 1 saturated carbocycles. The lowest BCUT2D eigenvalue weighted by Gasteiger charge is -2.36. The highest BCUT2D eigenvalue weighted by Gasteiger charge is 2.35. The van der Waals surface area contributed by atoms with Crippen LogP contribution in [0.4, 0.5) is 0 Å². The SMILES string of the molecule is COC(=O)C(Br)CNCC1(N(C)C)CCCC1. The van der Waals surface area contributed by atoms with Crippen molar-refractivity contribution < 1.29 is 9.53 Å². The molecule has 1 atom stereocenters. The first kappa shape index (κ1) is 14.9. The Bertz CT molecular complexity index is 253. The zero-order valence-corrected chi connectivity index (χ0v) is 12.5. The van der Waals surface area contributed by atoms with Crippen molar-refractivity contribution in [2.24, 2.45) is 0 Å². The van der Waals surface area contributed by atoms with Gasteiger partial charge in [-0.05, 0) is 26.9 Å². The van der Waals surface area contributed by atoms with Crippen LogP contribution in [0.2, 0.25) is 0 Å². The lowest BCUT2D eigenvalue weighted by molar-refractivity contribution is -0.139. The molecule has 0 aromatic rings. The maximum Gasteiger partial charge on any atom is 0.320 e. The highest BCUT2D eigenvalue weighted by Crippen LogP contribution is 2.33. The first-order valence-electron chi connectivity index (χ1n) is 6.12. The number of nitrogens with one attached hydrogen (secondary N) is 1. The summed E-state index contributed by atoms with van der Waals surface area (Å²) < 4.78 is 4.67. The van der Waals surface area contributed by atoms with E-state index in [-0.39, 0.29) is 16.3 Å². The Kier molecular flexibility index (Phi) is 5.89. The van der Waals surface area contributed by atoms with Crippen molar-refractivity contribution in [1.82, 2.24) is 10.2 Å². The van der Waals surface area contributed by atoms with Crippen molar-refractivity contribution in [3.63, 3.8) is 0 Å². The molecule has 100 valence electrons. The van der Waals surface area contributed by atoms with Crippen molar-refractivity contribution in [1.29, 1.82) is 0 Å². The van der Waals surface area contributed by atoms with E-state index in [4.69, 9.17) is 0 Å². The quantitative estimate of drug-likeness (QED) is 0.595. The van der Waals surface area contributed by atoms with E-state index in [1.807, 2.05) is 0 Å². The monoisotopic (exact) mass is 306 g/mol. The first-order chi connectivity index (χ1) is 8.02. The molecule has 0 aliphatic heterocycles. The number of halogens is 1. The number of hydrogen-bond acceptors (Lipinski definition) is 4. The Labute approximate surface area is 112 Å². The third-order valence-corrected chi connectivity index (χ3v) is 4.42. The average molecular weight is 307 g/mol. The Hall–Kier alpha value is -0.130. The zero-order valence-electron chi connectivity index (χ0n) is 11.0. The van der Waals surface area contributed by atoms with Gasteiger partial charge in [0.2, 0.25) is 0 Å². The number of rotatable bonds is 6. The number of alkyl halides is 1. The number of hydrogen-bond donors (Lipinski definition) is 1. The molecule has 1 aliphatic carbocycles. The van der Waals surface area contributed by atoms with E-state index in [1.54, 1.807) is 0 Å². The van der Waals surface area contributed by atoms with Crippen LogP contribution in [0.25, 0.3) is 0 Å². The second kappa shape index (κ2) is 6.71. The molecule has 1 N–H and O–H groups in total. The van der Waals surface area contributed by atoms with Gasteiger partial charge in [-0.1, -0.05) is 28.8 Å². The van der Waals surface area contributed by atoms with Crippen molar-refractivity contribution in [3.8, 4) is 0 Å². The van der Waals surface area contributed by atoms with Crippen LogP contribution in [0.15, 0.2) is 0 Å². The topological polar surface area (TPSA) is 41.6 Å². The number of likely N-dealkylation sites (N-methyl/N-ethyl adjacent to an activating group) is 1. The van der Waals surface area contributed by atoms with Gasteiger partial charge in [0.05, 0.1) is 7.11 Å². The Morgan fingerprint density at radius 2 is 2.06 bits per heavy atom. The number of ether oxygens (including phenoxy) is 1. The summed E-state index contributed by atoms with van der Waals surface area (Å²) in [6.07, 6.45) is 5.07. The standard InChI is InChI=1S/C12H23BrN2O2/c1-15(2)12(6-4-5-7-12)9-14-8-10(13)11(16)17-3/h10,14H,4-9H2,1-3H3. The summed E-state index contributed by atoms with van der Waals surface area (Å²) in [4.78, 5) is 13.3. The predicted octanol–water partition coefficient (Wildman–Crippen LogP) is 1.39. The van der Waals surface area contributed by atoms with Crippen LogP contribution in [0.5, 0.6) is 0 Å². The second-order valence-corrected chi connectivity index (χ2v) is 6.05. The summed E-state index contributed by atoms with van der Waals surface area (Å²) in [6, 6.07) is 0. The number of methoxy groups -OCH3 is 1. The molecule has 0 amide bonds. The summed E-state index contributed by atoms with van der Waals surface area (Å²) in [5.74, 6) is -0.220. The first-order valence-corrected chi connectivity index (χ1v) is 7.03. The highest BCUT2D eigenvalue weighted by atomic mass is 79.9. The van der Waals surface area contributed by atoms with Gasteiger partial charge in [0.1, 0.15) is 4.83 Å². The average Bonchev–Trinajstić information content (AvgIpc) is 2.77. The predicted molar refractivity (Wildman–Crippen MR) is 72.5 cm³/mol. The minimum absolute atomic E-state index is 0.220. The third-order valence-electron chi connectivity index (χ3n) is 3.72. The molecule has 5 heteroatoms. The molecule has 0 spiro atoms. The molecule has 1 aliphatic rings. The van der Waals surface area contributed by atoms with Gasteiger partial charge >= 0.3 is 5.97 Å². The van der Waals surface area contributed by atoms with Gasteiger partial charge in [-0.15, -0.1) is 0 Å². The fourth-order valence-electron chi connectivity index (χ4n) is 2.46. The summed E-state index contributed by atoms with van der Waals surface area (Å²) in [7, 11) is 5.69. The van der Waals surface area contributed by atoms with E-state index in [0.717, 1.165) is 6.54 Å². The van der Waals surface area contributed by atoms with E-state index >= 15 is 0 Å². The molecule has 0 radical (unpaired) electrons. The fourth-order valence-corrected chi connectivity index (χ4v) is 2.87. The molecule has 17 heavy (non-hydrogen) atoms. The van der Waals surface area contributed by atoms with Crippen molar-refractivity contribution >= 4 is 21.9 Å². The number of esters is 1. The third kappa shape index (κ3) is 3.93. The molecule has 0 aromatic carbocycles. The second-order valence-electron chi connectivity index (χ2n) is 4.95. The maximum absolute atomic E-state index is 11.2. The minimum Gasteiger partial charge on any atom is -0.468 e. The zero-order chi connectivity index (χ0) is 12.9. The van der Waals surface area contributed by atoms with Crippen LogP contribution in [-0.4, -0.2) is 55.5 Å². The summed E-state index contributed by atoms with van der Waals surface area (Å²) >= 11 is 3.32. The summed E-state index contributed by atoms with van der Waals surface area (Å²) in [5, 5.41) is 3.38. The van der Waals surface area contributed by atoms with Gasteiger partial charge < -0.3 is 15.0 Å². The van der Waals surface area contributed by atoms with Gasteiger partial charge in [0.25, 0.3) is 0 Å². The smallest absolute Gasteiger partial charge is 0.320 e. The maximum atomic E-state index is 11.2. The van der Waals surface area contributed by atoms with Gasteiger partial charge in [-0.3, -0.25) is 4.79 Å². The van der Waals surface area contributed by atoms with E-state index < -0.39 is 0 Å². The Morgan fingerprint density at radius 3 is 2.53 bits per heavy atom. The molecular formula is C12H23BrN2O2. The van der Waals surface area contributed by atoms with Crippen molar-refractivity contribution in [3.05, 3.63) is 0 Å². The van der Waals surface area contributed by atoms with E-state index in [2.05, 4.69) is 45.0 Å². The van der Waals surface area contributed by atoms with Crippen LogP contribution in [-0.2, 0) is 9.53 Å². The summed E-state index contributed by atoms with van der Waals surface area (Å²) in [6.45, 7) is 1.54. The molecule has 0 aromatic heterocycles. The molecule has 1 fully saturated rings. The molecule has 0 bridgehead atoms. The van der Waals surface area contributed by atoms with E-state index in [1.165, 1.54) is 32.8 Å². The molecule has 0 heterocycles. The van der Waals surface area contributed by atoms with Crippen LogP contribution < -0.4 is 5.32 Å². The number of carbonyl (C=O) groups is 1. The largest absolute Gasteiger partial charge is 0.468 e. The van der Waals surface area contributed by atoms with Gasteiger partial charge in [-0.2, -0.15) is 0 Å². The lowest BCUT2D eigenvalue weighted by Crippen LogP contribution is -2.50. The fraction of sp³-hybridized carbons (Fsp3) is 0.917. The van der Waals surface area contributed by atoms with Crippen LogP contribution in [0.3, 0.4) is 0 Å². The van der Waals surface area contributed by atoms with Crippen LogP contribution >= 0.6 is 15.9 Å². The van der Waals surface area contributed by atoms with E-state index in [9.17, 15) is 4.79 Å². The van der Waals surface area contributed by atoms with Gasteiger partial charge in [0.15, 0.2) is 0 Å². The molecule has 1 unspecified atom stereocenters. The lowest BCUT2D eigenvalue weighted by atomic mass is 9.96. The minimum atomic E-state index is -0.256. The molecular weight excluding hydrogens is 284 g/mol. The number of nitrogens with zero attached hydrogens (tertiary/aromatic N) is 1. The van der Waals surface area contributed by atoms with E-state index in [0.29, 0.717) is 6.54 Å². The van der Waals surface area contributed by atoms with Crippen molar-refractivity contribution in [2.45, 2.75) is 36.0 Å². The van der Waals surface area contributed by atoms with Crippen LogP contribution in [0, 0.1) is 0 Å². The highest BCUT2D eigenvalue weighted by molar-refractivity contribution is 9.10. The Balaban J connectivity index is 2.36.